The number of hydrogen-bond acceptors (Lipinski definition) is 4. The van der Waals surface area contributed by atoms with Crippen LogP contribution in [0.15, 0.2) is 6.33 Å². The Bertz CT molecular complexity index is 329. The van der Waals surface area contributed by atoms with E-state index in [1.54, 1.807) is 13.4 Å². The highest BCUT2D eigenvalue weighted by molar-refractivity contribution is 8.01. The number of aryl methyl sites for hydroxylation is 1. The maximum atomic E-state index is 10.8. The molecule has 0 radical (unpaired) electrons. The van der Waals surface area contributed by atoms with E-state index in [0.717, 1.165) is 28.6 Å². The van der Waals surface area contributed by atoms with Crippen molar-refractivity contribution in [3.63, 3.8) is 0 Å². The standard InChI is InChI=1S/C9H16N4OS2/c1-7-8(12-6-11-7)5-15-3-4-16-13-9(14)10-2/h6H,3-5H2,1-2H3,(H,11,12)(H2,10,13,14). The Balaban J connectivity index is 2.00. The Morgan fingerprint density at radius 1 is 1.56 bits per heavy atom. The Labute approximate surface area is 104 Å². The molecule has 1 heterocycles. The fourth-order valence-corrected chi connectivity index (χ4v) is 2.74. The first kappa shape index (κ1) is 13.2. The van der Waals surface area contributed by atoms with Crippen LogP contribution in [0.3, 0.4) is 0 Å². The highest BCUT2D eigenvalue weighted by Gasteiger charge is 2.01. The van der Waals surface area contributed by atoms with Gasteiger partial charge < -0.3 is 10.3 Å². The SMILES string of the molecule is CNC(=O)NSCCSCc1nc[nH]c1C. The van der Waals surface area contributed by atoms with Crippen LogP contribution in [0, 0.1) is 6.92 Å². The van der Waals surface area contributed by atoms with Crippen molar-refractivity contribution in [2.75, 3.05) is 18.6 Å². The first-order chi connectivity index (χ1) is 7.74. The number of H-pyrrole nitrogens is 1. The number of rotatable bonds is 6. The Kier molecular flexibility index (Phi) is 6.17. The van der Waals surface area contributed by atoms with Crippen molar-refractivity contribution in [3.8, 4) is 0 Å². The third-order valence-corrected chi connectivity index (χ3v) is 3.86. The average molecular weight is 260 g/mol. The van der Waals surface area contributed by atoms with Gasteiger partial charge in [-0.2, -0.15) is 11.8 Å². The second kappa shape index (κ2) is 7.45. The molecule has 3 N–H and O–H groups in total. The number of carbonyl (C=O) groups excluding carboxylic acids is 1. The molecule has 5 nitrogen and oxygen atoms in total. The quantitative estimate of drug-likeness (QED) is 0.536. The van der Waals surface area contributed by atoms with Gasteiger partial charge in [-0.05, 0) is 18.9 Å². The van der Waals surface area contributed by atoms with Crippen LogP contribution in [-0.4, -0.2) is 34.6 Å². The zero-order valence-corrected chi connectivity index (χ0v) is 11.0. The molecule has 0 aliphatic carbocycles. The maximum absolute atomic E-state index is 10.8. The molecular weight excluding hydrogens is 244 g/mol. The summed E-state index contributed by atoms with van der Waals surface area (Å²) in [6, 6.07) is -0.154. The minimum atomic E-state index is -0.154. The van der Waals surface area contributed by atoms with Crippen molar-refractivity contribution >= 4 is 29.7 Å². The Morgan fingerprint density at radius 3 is 3.00 bits per heavy atom. The van der Waals surface area contributed by atoms with Gasteiger partial charge in [-0.3, -0.25) is 4.72 Å². The smallest absolute Gasteiger partial charge is 0.324 e. The lowest BCUT2D eigenvalue weighted by molar-refractivity contribution is 0.248. The largest absolute Gasteiger partial charge is 0.348 e. The van der Waals surface area contributed by atoms with Gasteiger partial charge in [-0.25, -0.2) is 9.78 Å². The van der Waals surface area contributed by atoms with Gasteiger partial charge in [0.2, 0.25) is 0 Å². The van der Waals surface area contributed by atoms with Crippen molar-refractivity contribution in [1.82, 2.24) is 20.0 Å². The fourth-order valence-electron chi connectivity index (χ4n) is 0.970. The van der Waals surface area contributed by atoms with Crippen LogP contribution in [0.5, 0.6) is 0 Å². The van der Waals surface area contributed by atoms with Gasteiger partial charge in [0, 0.05) is 30.0 Å². The molecule has 1 aromatic rings. The number of hydrogen-bond donors (Lipinski definition) is 3. The first-order valence-electron chi connectivity index (χ1n) is 4.90. The molecule has 90 valence electrons. The van der Waals surface area contributed by atoms with E-state index < -0.39 is 0 Å². The van der Waals surface area contributed by atoms with E-state index in [1.165, 1.54) is 11.9 Å². The van der Waals surface area contributed by atoms with Crippen LogP contribution in [0.2, 0.25) is 0 Å². The van der Waals surface area contributed by atoms with Crippen LogP contribution < -0.4 is 10.0 Å². The second-order valence-electron chi connectivity index (χ2n) is 3.06. The molecule has 0 fully saturated rings. The summed E-state index contributed by atoms with van der Waals surface area (Å²) in [6.45, 7) is 2.02. The lowest BCUT2D eigenvalue weighted by atomic mass is 10.4. The predicted octanol–water partition coefficient (Wildman–Crippen LogP) is 1.53. The summed E-state index contributed by atoms with van der Waals surface area (Å²) >= 11 is 3.23. The number of thioether (sulfide) groups is 1. The summed E-state index contributed by atoms with van der Waals surface area (Å²) in [5.74, 6) is 2.79. The molecule has 0 bridgehead atoms. The van der Waals surface area contributed by atoms with Crippen LogP contribution in [0.1, 0.15) is 11.4 Å². The monoisotopic (exact) mass is 260 g/mol. The number of amides is 2. The molecule has 0 aromatic carbocycles. The van der Waals surface area contributed by atoms with Gasteiger partial charge in [0.05, 0.1) is 12.0 Å². The van der Waals surface area contributed by atoms with Gasteiger partial charge >= 0.3 is 6.03 Å². The zero-order valence-electron chi connectivity index (χ0n) is 9.37. The van der Waals surface area contributed by atoms with Crippen LogP contribution in [0.25, 0.3) is 0 Å². The number of aromatic amines is 1. The van der Waals surface area contributed by atoms with Gasteiger partial charge in [-0.15, -0.1) is 0 Å². The molecule has 0 spiro atoms. The molecule has 0 atom stereocenters. The normalized spacial score (nSPS) is 10.1. The number of carbonyl (C=O) groups is 1. The number of aromatic nitrogens is 2. The molecule has 1 rings (SSSR count). The highest BCUT2D eigenvalue weighted by Crippen LogP contribution is 2.13. The highest BCUT2D eigenvalue weighted by atomic mass is 32.2. The van der Waals surface area contributed by atoms with Gasteiger partial charge in [0.15, 0.2) is 0 Å². The fraction of sp³-hybridized carbons (Fsp3) is 0.556. The van der Waals surface area contributed by atoms with E-state index in [-0.39, 0.29) is 6.03 Å². The topological polar surface area (TPSA) is 69.8 Å². The van der Waals surface area contributed by atoms with Gasteiger partial charge in [-0.1, -0.05) is 0 Å². The lowest BCUT2D eigenvalue weighted by Crippen LogP contribution is -2.27. The molecule has 0 aliphatic rings. The average Bonchev–Trinajstić information content (AvgIpc) is 2.69. The van der Waals surface area contributed by atoms with Crippen molar-refractivity contribution in [3.05, 3.63) is 17.7 Å². The Hall–Kier alpha value is -0.820. The third-order valence-electron chi connectivity index (χ3n) is 1.89. The Morgan fingerprint density at radius 2 is 2.38 bits per heavy atom. The van der Waals surface area contributed by atoms with Crippen molar-refractivity contribution in [2.45, 2.75) is 12.7 Å². The number of imidazole rings is 1. The molecule has 0 unspecified atom stereocenters. The van der Waals surface area contributed by atoms with Crippen LogP contribution in [-0.2, 0) is 5.75 Å². The molecule has 0 saturated carbocycles. The summed E-state index contributed by atoms with van der Waals surface area (Å²) in [5.41, 5.74) is 2.23. The number of nitrogens with one attached hydrogen (secondary N) is 3. The van der Waals surface area contributed by atoms with Gasteiger partial charge in [0.1, 0.15) is 0 Å². The van der Waals surface area contributed by atoms with Crippen molar-refractivity contribution in [1.29, 1.82) is 0 Å². The van der Waals surface area contributed by atoms with E-state index in [1.807, 2.05) is 18.7 Å². The first-order valence-corrected chi connectivity index (χ1v) is 7.04. The van der Waals surface area contributed by atoms with Crippen molar-refractivity contribution < 1.29 is 4.79 Å². The summed E-state index contributed by atoms with van der Waals surface area (Å²) < 4.78 is 2.67. The lowest BCUT2D eigenvalue weighted by Gasteiger charge is -2.02. The number of nitrogens with zero attached hydrogens (tertiary/aromatic N) is 1. The second-order valence-corrected chi connectivity index (χ2v) is 5.06. The molecular formula is C9H16N4OS2. The molecule has 16 heavy (non-hydrogen) atoms. The van der Waals surface area contributed by atoms with E-state index >= 15 is 0 Å². The summed E-state index contributed by atoms with van der Waals surface area (Å²) in [5, 5.41) is 2.49. The zero-order chi connectivity index (χ0) is 11.8. The molecule has 0 saturated heterocycles. The predicted molar refractivity (Wildman–Crippen MR) is 69.5 cm³/mol. The van der Waals surface area contributed by atoms with E-state index in [0.29, 0.717) is 0 Å². The minimum absolute atomic E-state index is 0.154. The summed E-state index contributed by atoms with van der Waals surface area (Å²) in [6.07, 6.45) is 1.72. The van der Waals surface area contributed by atoms with E-state index in [2.05, 4.69) is 20.0 Å². The molecule has 0 aliphatic heterocycles. The minimum Gasteiger partial charge on any atom is -0.348 e. The van der Waals surface area contributed by atoms with Crippen LogP contribution in [0.4, 0.5) is 4.79 Å². The summed E-state index contributed by atoms with van der Waals surface area (Å²) in [7, 11) is 1.60. The summed E-state index contributed by atoms with van der Waals surface area (Å²) in [4.78, 5) is 18.1. The van der Waals surface area contributed by atoms with E-state index in [4.69, 9.17) is 0 Å². The van der Waals surface area contributed by atoms with Crippen LogP contribution >= 0.6 is 23.7 Å². The van der Waals surface area contributed by atoms with Crippen molar-refractivity contribution in [2.24, 2.45) is 0 Å². The van der Waals surface area contributed by atoms with E-state index in [9.17, 15) is 4.79 Å². The maximum Gasteiger partial charge on any atom is 0.324 e. The van der Waals surface area contributed by atoms with Gasteiger partial charge in [0.25, 0.3) is 0 Å². The molecule has 1 aromatic heterocycles. The molecule has 2 amide bonds. The third kappa shape index (κ3) is 4.80. The number of urea groups is 1. The molecule has 7 heteroatoms.